The first-order valence-electron chi connectivity index (χ1n) is 10.4. The third kappa shape index (κ3) is 4.01. The molecule has 2 fully saturated rings. The Morgan fingerprint density at radius 3 is 2.61 bits per heavy atom. The zero-order chi connectivity index (χ0) is 21.4. The molecule has 9 heteroatoms. The van der Waals surface area contributed by atoms with Gasteiger partial charge in [0.25, 0.3) is 5.91 Å². The van der Waals surface area contributed by atoms with E-state index in [4.69, 9.17) is 11.6 Å². The van der Waals surface area contributed by atoms with Gasteiger partial charge < -0.3 is 14.8 Å². The summed E-state index contributed by atoms with van der Waals surface area (Å²) in [6, 6.07) is 11.0. The topological polar surface area (TPSA) is 93.4 Å². The van der Waals surface area contributed by atoms with E-state index in [1.54, 1.807) is 17.2 Å². The third-order valence-electron chi connectivity index (χ3n) is 5.98. The number of carbonyl (C=O) groups is 2. The van der Waals surface area contributed by atoms with Crippen LogP contribution in [0.15, 0.2) is 48.8 Å². The van der Waals surface area contributed by atoms with E-state index in [2.05, 4.69) is 20.8 Å². The third-order valence-corrected chi connectivity index (χ3v) is 6.21. The van der Waals surface area contributed by atoms with E-state index in [1.165, 1.54) is 0 Å². The average molecular weight is 439 g/mol. The number of hydrogen-bond donors (Lipinski definition) is 3. The zero-order valence-corrected chi connectivity index (χ0v) is 17.6. The number of fused-ring (bicyclic) bond motifs is 1. The second-order valence-corrected chi connectivity index (χ2v) is 8.38. The Morgan fingerprint density at radius 1 is 1.03 bits per heavy atom. The van der Waals surface area contributed by atoms with Gasteiger partial charge >= 0.3 is 0 Å². The maximum atomic E-state index is 13.0. The Labute approximate surface area is 184 Å². The van der Waals surface area contributed by atoms with Crippen LogP contribution >= 0.6 is 11.6 Å². The minimum absolute atomic E-state index is 0.0565. The van der Waals surface area contributed by atoms with Crippen molar-refractivity contribution >= 4 is 34.3 Å². The van der Waals surface area contributed by atoms with E-state index >= 15 is 0 Å². The summed E-state index contributed by atoms with van der Waals surface area (Å²) < 4.78 is 0. The summed E-state index contributed by atoms with van der Waals surface area (Å²) in [6.45, 7) is 2.05. The van der Waals surface area contributed by atoms with Crippen LogP contribution in [0.25, 0.3) is 10.9 Å². The van der Waals surface area contributed by atoms with Crippen molar-refractivity contribution in [2.45, 2.75) is 18.5 Å². The van der Waals surface area contributed by atoms with Crippen LogP contribution in [-0.4, -0.2) is 63.8 Å². The number of nitrogens with one attached hydrogen (secondary N) is 3. The number of aromatic nitrogens is 2. The normalized spacial score (nSPS) is 21.6. The van der Waals surface area contributed by atoms with E-state index in [9.17, 15) is 9.59 Å². The fraction of sp³-hybridized carbons (Fsp3) is 0.318. The van der Waals surface area contributed by atoms with Crippen LogP contribution in [0.4, 0.5) is 0 Å². The molecular formula is C22H23ClN6O2. The molecule has 0 bridgehead atoms. The van der Waals surface area contributed by atoms with Gasteiger partial charge in [0.05, 0.1) is 0 Å². The van der Waals surface area contributed by atoms with Crippen molar-refractivity contribution < 1.29 is 9.59 Å². The van der Waals surface area contributed by atoms with Gasteiger partial charge in [0.15, 0.2) is 0 Å². The summed E-state index contributed by atoms with van der Waals surface area (Å²) in [5.74, 6) is 0.00274. The molecule has 2 unspecified atom stereocenters. The van der Waals surface area contributed by atoms with Crippen LogP contribution in [0.2, 0.25) is 5.02 Å². The van der Waals surface area contributed by atoms with Crippen molar-refractivity contribution in [2.75, 3.05) is 26.2 Å². The Kier molecular flexibility index (Phi) is 5.35. The number of hydrogen-bond acceptors (Lipinski definition) is 5. The van der Waals surface area contributed by atoms with Gasteiger partial charge in [0.1, 0.15) is 11.7 Å². The van der Waals surface area contributed by atoms with Gasteiger partial charge in [-0.15, -0.1) is 0 Å². The van der Waals surface area contributed by atoms with Crippen molar-refractivity contribution in [3.8, 4) is 0 Å². The Hall–Kier alpha value is -2.94. The quantitative estimate of drug-likeness (QED) is 0.582. The predicted molar refractivity (Wildman–Crippen MR) is 117 cm³/mol. The number of piperazine rings is 1. The molecule has 2 saturated heterocycles. The molecule has 4 heterocycles. The average Bonchev–Trinajstić information content (AvgIpc) is 3.46. The number of rotatable bonds is 3. The van der Waals surface area contributed by atoms with Gasteiger partial charge in [-0.1, -0.05) is 17.7 Å². The molecule has 31 heavy (non-hydrogen) atoms. The highest BCUT2D eigenvalue weighted by Gasteiger charge is 2.35. The van der Waals surface area contributed by atoms with Crippen LogP contribution in [-0.2, 0) is 4.79 Å². The number of pyridine rings is 1. The lowest BCUT2D eigenvalue weighted by atomic mass is 10.0. The molecule has 0 spiro atoms. The summed E-state index contributed by atoms with van der Waals surface area (Å²) in [5, 5.41) is 1.55. The first kappa shape index (κ1) is 20.0. The standard InChI is InChI=1S/C22H23ClN6O2/c23-16-3-4-17-15(10-16)11-19(25-17)21(30)28-6-8-29(9-7-28)22(31)20-12-18(26-27-20)14-2-1-5-24-13-14/h1-5,10-11,13,18,20,25-27H,6-9,12H2. The number of benzene rings is 1. The minimum Gasteiger partial charge on any atom is -0.351 e. The Bertz CT molecular complexity index is 1110. The van der Waals surface area contributed by atoms with Crippen LogP contribution < -0.4 is 10.9 Å². The van der Waals surface area contributed by atoms with Crippen LogP contribution in [0.3, 0.4) is 0 Å². The molecule has 0 radical (unpaired) electrons. The highest BCUT2D eigenvalue weighted by Crippen LogP contribution is 2.24. The number of aromatic amines is 1. The lowest BCUT2D eigenvalue weighted by Gasteiger charge is -2.35. The molecule has 5 rings (SSSR count). The largest absolute Gasteiger partial charge is 0.351 e. The highest BCUT2D eigenvalue weighted by molar-refractivity contribution is 6.31. The lowest BCUT2D eigenvalue weighted by molar-refractivity contribution is -0.134. The second kappa shape index (κ2) is 8.30. The minimum atomic E-state index is -0.286. The smallest absolute Gasteiger partial charge is 0.270 e. The molecule has 2 aliphatic heterocycles. The maximum absolute atomic E-state index is 13.0. The summed E-state index contributed by atoms with van der Waals surface area (Å²) in [4.78, 5) is 36.8. The molecule has 160 valence electrons. The van der Waals surface area contributed by atoms with Crippen molar-refractivity contribution in [1.29, 1.82) is 0 Å². The number of nitrogens with zero attached hydrogens (tertiary/aromatic N) is 3. The van der Waals surface area contributed by atoms with Crippen molar-refractivity contribution in [3.05, 3.63) is 65.1 Å². The lowest BCUT2D eigenvalue weighted by Crippen LogP contribution is -2.54. The van der Waals surface area contributed by atoms with E-state index in [0.29, 0.717) is 43.3 Å². The molecule has 2 aliphatic rings. The Balaban J connectivity index is 1.18. The number of hydrazine groups is 1. The summed E-state index contributed by atoms with van der Waals surface area (Å²) in [6.07, 6.45) is 4.22. The van der Waals surface area contributed by atoms with Crippen molar-refractivity contribution in [2.24, 2.45) is 0 Å². The molecule has 0 saturated carbocycles. The van der Waals surface area contributed by atoms with Crippen LogP contribution in [0.1, 0.15) is 28.5 Å². The summed E-state index contributed by atoms with van der Waals surface area (Å²) in [5.41, 5.74) is 8.78. The molecule has 3 aromatic rings. The molecule has 1 aromatic carbocycles. The predicted octanol–water partition coefficient (Wildman–Crippen LogP) is 2.11. The molecule has 2 amide bonds. The van der Waals surface area contributed by atoms with Gasteiger partial charge in [-0.25, -0.2) is 10.9 Å². The van der Waals surface area contributed by atoms with E-state index < -0.39 is 0 Å². The monoisotopic (exact) mass is 438 g/mol. The Morgan fingerprint density at radius 2 is 1.84 bits per heavy atom. The fourth-order valence-electron chi connectivity index (χ4n) is 4.26. The fourth-order valence-corrected chi connectivity index (χ4v) is 4.44. The van der Waals surface area contributed by atoms with E-state index in [-0.39, 0.29) is 23.9 Å². The molecule has 8 nitrogen and oxygen atoms in total. The van der Waals surface area contributed by atoms with Crippen LogP contribution in [0, 0.1) is 0 Å². The molecule has 2 atom stereocenters. The van der Waals surface area contributed by atoms with E-state index in [0.717, 1.165) is 16.5 Å². The van der Waals surface area contributed by atoms with Crippen molar-refractivity contribution in [3.63, 3.8) is 0 Å². The second-order valence-electron chi connectivity index (χ2n) is 7.95. The van der Waals surface area contributed by atoms with E-state index in [1.807, 2.05) is 41.4 Å². The highest BCUT2D eigenvalue weighted by atomic mass is 35.5. The first-order chi connectivity index (χ1) is 15.1. The SMILES string of the molecule is O=C(c1cc2cc(Cl)ccc2[nH]1)N1CCN(C(=O)C2CC(c3cccnc3)NN2)CC1. The molecule has 2 aromatic heterocycles. The van der Waals surface area contributed by atoms with Gasteiger partial charge in [-0.3, -0.25) is 14.6 Å². The van der Waals surface area contributed by atoms with Gasteiger partial charge in [0, 0.05) is 60.5 Å². The number of halogens is 1. The number of carbonyl (C=O) groups excluding carboxylic acids is 2. The molecule has 0 aliphatic carbocycles. The van der Waals surface area contributed by atoms with Gasteiger partial charge in [-0.2, -0.15) is 0 Å². The molecular weight excluding hydrogens is 416 g/mol. The zero-order valence-electron chi connectivity index (χ0n) is 16.8. The summed E-state index contributed by atoms with van der Waals surface area (Å²) >= 11 is 6.04. The molecule has 3 N–H and O–H groups in total. The van der Waals surface area contributed by atoms with Crippen LogP contribution in [0.5, 0.6) is 0 Å². The summed E-state index contributed by atoms with van der Waals surface area (Å²) in [7, 11) is 0. The van der Waals surface area contributed by atoms with Gasteiger partial charge in [-0.05, 0) is 42.3 Å². The van der Waals surface area contributed by atoms with Crippen molar-refractivity contribution in [1.82, 2.24) is 30.6 Å². The number of H-pyrrole nitrogens is 1. The first-order valence-corrected chi connectivity index (χ1v) is 10.7. The maximum Gasteiger partial charge on any atom is 0.270 e. The number of amides is 2. The van der Waals surface area contributed by atoms with Gasteiger partial charge in [0.2, 0.25) is 5.91 Å².